The summed E-state index contributed by atoms with van der Waals surface area (Å²) in [5.41, 5.74) is 1.33. The van der Waals surface area contributed by atoms with E-state index in [1.807, 2.05) is 5.48 Å². The number of hydrogen-bond donors (Lipinski definition) is 4. The Labute approximate surface area is 60.5 Å². The molecule has 4 N–H and O–H groups in total. The number of aliphatic hydroxyl groups is 2. The Hall–Kier alpha value is -0.160. The summed E-state index contributed by atoms with van der Waals surface area (Å²) in [5, 5.41) is 26.0. The molecule has 0 aliphatic rings. The summed E-state index contributed by atoms with van der Waals surface area (Å²) >= 11 is 0. The van der Waals surface area contributed by atoms with Crippen LogP contribution in [0.15, 0.2) is 0 Å². The lowest BCUT2D eigenvalue weighted by Gasteiger charge is -2.30. The van der Waals surface area contributed by atoms with Gasteiger partial charge in [0.25, 0.3) is 0 Å². The van der Waals surface area contributed by atoms with Crippen LogP contribution in [0.1, 0.15) is 13.8 Å². The summed E-state index contributed by atoms with van der Waals surface area (Å²) in [5.74, 6) is 0. The molecular formula is C6H15NO3. The first-order valence-electron chi connectivity index (χ1n) is 3.22. The van der Waals surface area contributed by atoms with Crippen LogP contribution in [0.25, 0.3) is 0 Å². The lowest BCUT2D eigenvalue weighted by Crippen LogP contribution is -2.44. The summed E-state index contributed by atoms with van der Waals surface area (Å²) in [6.07, 6.45) is 0. The molecule has 10 heavy (non-hydrogen) atoms. The van der Waals surface area contributed by atoms with Crippen LogP contribution in [-0.2, 0) is 0 Å². The molecule has 0 aromatic carbocycles. The van der Waals surface area contributed by atoms with Crippen molar-refractivity contribution < 1.29 is 15.4 Å². The molecule has 0 fully saturated rings. The van der Waals surface area contributed by atoms with Gasteiger partial charge in [0.1, 0.15) is 0 Å². The van der Waals surface area contributed by atoms with Crippen LogP contribution in [0.5, 0.6) is 0 Å². The van der Waals surface area contributed by atoms with E-state index in [-0.39, 0.29) is 19.3 Å². The lowest BCUT2D eigenvalue weighted by molar-refractivity contribution is -0.00682. The summed E-state index contributed by atoms with van der Waals surface area (Å²) < 4.78 is 0. The largest absolute Gasteiger partial charge is 0.396 e. The molecule has 0 aromatic heterocycles. The Morgan fingerprint density at radius 2 is 1.80 bits per heavy atom. The molecule has 0 spiro atoms. The highest BCUT2D eigenvalue weighted by atomic mass is 16.5. The van der Waals surface area contributed by atoms with Crippen molar-refractivity contribution in [3.63, 3.8) is 0 Å². The highest BCUT2D eigenvalue weighted by Gasteiger charge is 2.29. The maximum Gasteiger partial charge on any atom is 0.0522 e. The van der Waals surface area contributed by atoms with Gasteiger partial charge in [-0.05, 0) is 6.92 Å². The fraction of sp³-hybridized carbons (Fsp3) is 1.00. The molecule has 0 rings (SSSR count). The van der Waals surface area contributed by atoms with Gasteiger partial charge in [-0.3, -0.25) is 0 Å². The van der Waals surface area contributed by atoms with Gasteiger partial charge in [0.15, 0.2) is 0 Å². The van der Waals surface area contributed by atoms with Crippen LogP contribution in [0.3, 0.4) is 0 Å². The van der Waals surface area contributed by atoms with E-state index in [2.05, 4.69) is 0 Å². The Balaban J connectivity index is 4.02. The van der Waals surface area contributed by atoms with E-state index in [1.165, 1.54) is 0 Å². The molecule has 0 saturated heterocycles. The summed E-state index contributed by atoms with van der Waals surface area (Å²) in [4.78, 5) is 0. The van der Waals surface area contributed by atoms with E-state index in [4.69, 9.17) is 15.4 Å². The first-order valence-corrected chi connectivity index (χ1v) is 3.22. The number of hydrogen-bond acceptors (Lipinski definition) is 4. The molecule has 1 unspecified atom stereocenters. The highest BCUT2D eigenvalue weighted by molar-refractivity contribution is 4.81. The van der Waals surface area contributed by atoms with Gasteiger partial charge in [-0.1, -0.05) is 6.92 Å². The smallest absolute Gasteiger partial charge is 0.0522 e. The monoisotopic (exact) mass is 149 g/mol. The zero-order chi connectivity index (χ0) is 8.20. The van der Waals surface area contributed by atoms with E-state index < -0.39 is 5.41 Å². The highest BCUT2D eigenvalue weighted by Crippen LogP contribution is 2.18. The van der Waals surface area contributed by atoms with Crippen molar-refractivity contribution in [2.45, 2.75) is 19.9 Å². The topological polar surface area (TPSA) is 72.7 Å². The van der Waals surface area contributed by atoms with Crippen molar-refractivity contribution in [3.8, 4) is 0 Å². The van der Waals surface area contributed by atoms with Crippen LogP contribution < -0.4 is 5.48 Å². The summed E-state index contributed by atoms with van der Waals surface area (Å²) in [6.45, 7) is 3.06. The Morgan fingerprint density at radius 3 is 1.90 bits per heavy atom. The van der Waals surface area contributed by atoms with Gasteiger partial charge >= 0.3 is 0 Å². The molecule has 1 atom stereocenters. The van der Waals surface area contributed by atoms with Gasteiger partial charge in [0, 0.05) is 11.5 Å². The predicted molar refractivity (Wildman–Crippen MR) is 36.7 cm³/mol. The SMILES string of the molecule is CC(NO)C(C)(CO)CO. The third-order valence-corrected chi connectivity index (χ3v) is 1.96. The third-order valence-electron chi connectivity index (χ3n) is 1.96. The molecule has 4 heteroatoms. The van der Waals surface area contributed by atoms with E-state index in [1.54, 1.807) is 13.8 Å². The Bertz CT molecular complexity index is 93.0. The standard InChI is InChI=1S/C6H15NO3/c1-5(7-10)6(2,3-8)4-9/h5,7-10H,3-4H2,1-2H3. The molecular weight excluding hydrogens is 134 g/mol. The molecule has 4 nitrogen and oxygen atoms in total. The van der Waals surface area contributed by atoms with Gasteiger partial charge in [0.05, 0.1) is 13.2 Å². The first-order chi connectivity index (χ1) is 4.60. The van der Waals surface area contributed by atoms with E-state index in [0.29, 0.717) is 0 Å². The van der Waals surface area contributed by atoms with Gasteiger partial charge in [-0.15, -0.1) is 0 Å². The van der Waals surface area contributed by atoms with Crippen LogP contribution in [0.2, 0.25) is 0 Å². The van der Waals surface area contributed by atoms with Crippen molar-refractivity contribution in [2.24, 2.45) is 5.41 Å². The van der Waals surface area contributed by atoms with Crippen molar-refractivity contribution in [3.05, 3.63) is 0 Å². The van der Waals surface area contributed by atoms with Crippen molar-refractivity contribution in [1.29, 1.82) is 0 Å². The van der Waals surface area contributed by atoms with Gasteiger partial charge in [0.2, 0.25) is 0 Å². The zero-order valence-corrected chi connectivity index (χ0v) is 6.33. The van der Waals surface area contributed by atoms with Crippen LogP contribution >= 0.6 is 0 Å². The van der Waals surface area contributed by atoms with E-state index in [9.17, 15) is 0 Å². The zero-order valence-electron chi connectivity index (χ0n) is 6.33. The average Bonchev–Trinajstić information content (AvgIpc) is 2.01. The van der Waals surface area contributed by atoms with Gasteiger partial charge in [-0.2, -0.15) is 0 Å². The third kappa shape index (κ3) is 1.91. The predicted octanol–water partition coefficient (Wildman–Crippen LogP) is -0.655. The Morgan fingerprint density at radius 1 is 1.40 bits per heavy atom. The minimum atomic E-state index is -0.658. The number of nitrogens with one attached hydrogen (secondary N) is 1. The first kappa shape index (κ1) is 9.84. The van der Waals surface area contributed by atoms with Crippen LogP contribution in [-0.4, -0.2) is 34.7 Å². The minimum absolute atomic E-state index is 0.155. The molecule has 0 amide bonds. The Kier molecular flexibility index (Phi) is 3.81. The van der Waals surface area contributed by atoms with Crippen LogP contribution in [0, 0.1) is 5.41 Å². The molecule has 0 aliphatic heterocycles. The summed E-state index contributed by atoms with van der Waals surface area (Å²) in [7, 11) is 0. The summed E-state index contributed by atoms with van der Waals surface area (Å²) in [6, 6.07) is -0.317. The number of hydroxylamine groups is 1. The minimum Gasteiger partial charge on any atom is -0.396 e. The molecule has 0 bridgehead atoms. The second-order valence-corrected chi connectivity index (χ2v) is 2.82. The second-order valence-electron chi connectivity index (χ2n) is 2.82. The van der Waals surface area contributed by atoms with Crippen molar-refractivity contribution >= 4 is 0 Å². The van der Waals surface area contributed by atoms with E-state index >= 15 is 0 Å². The molecule has 0 saturated carbocycles. The molecule has 0 aromatic rings. The van der Waals surface area contributed by atoms with Crippen molar-refractivity contribution in [2.75, 3.05) is 13.2 Å². The maximum atomic E-state index is 8.78. The normalized spacial score (nSPS) is 15.3. The average molecular weight is 149 g/mol. The fourth-order valence-electron chi connectivity index (χ4n) is 0.480. The number of aliphatic hydroxyl groups excluding tert-OH is 2. The lowest BCUT2D eigenvalue weighted by atomic mass is 9.85. The van der Waals surface area contributed by atoms with E-state index in [0.717, 1.165) is 0 Å². The van der Waals surface area contributed by atoms with Gasteiger partial charge in [-0.25, -0.2) is 5.48 Å². The molecule has 0 heterocycles. The second kappa shape index (κ2) is 3.88. The van der Waals surface area contributed by atoms with Crippen molar-refractivity contribution in [1.82, 2.24) is 5.48 Å². The molecule has 0 aliphatic carbocycles. The van der Waals surface area contributed by atoms with Gasteiger partial charge < -0.3 is 15.4 Å². The number of rotatable bonds is 4. The fourth-order valence-corrected chi connectivity index (χ4v) is 0.480. The quantitative estimate of drug-likeness (QED) is 0.401. The molecule has 0 radical (unpaired) electrons. The van der Waals surface area contributed by atoms with Crippen LogP contribution in [0.4, 0.5) is 0 Å². The molecule has 62 valence electrons. The maximum absolute atomic E-state index is 8.78.